The fourth-order valence-electron chi connectivity index (χ4n) is 18.5. The summed E-state index contributed by atoms with van der Waals surface area (Å²) in [6.07, 6.45) is 46.7. The molecule has 0 radical (unpaired) electrons. The number of rotatable bonds is 3. The van der Waals surface area contributed by atoms with Crippen LogP contribution >= 0.6 is 0 Å². The monoisotopic (exact) mass is 667 g/mol. The predicted molar refractivity (Wildman–Crippen MR) is 206 cm³/mol. The van der Waals surface area contributed by atoms with Gasteiger partial charge in [-0.05, 0) is 215 Å². The zero-order chi connectivity index (χ0) is 32.7. The molecule has 9 fully saturated rings. The van der Waals surface area contributed by atoms with Gasteiger partial charge >= 0.3 is 0 Å². The predicted octanol–water partition coefficient (Wildman–Crippen LogP) is 13.9. The topological polar surface area (TPSA) is 0 Å². The molecule has 0 heterocycles. The van der Waals surface area contributed by atoms with Gasteiger partial charge < -0.3 is 0 Å². The maximum absolute atomic E-state index is 2.83. The molecule has 0 bridgehead atoms. The van der Waals surface area contributed by atoms with Gasteiger partial charge in [-0.2, -0.15) is 0 Å². The highest BCUT2D eigenvalue weighted by Gasteiger charge is 2.59. The van der Waals surface area contributed by atoms with E-state index in [-0.39, 0.29) is 0 Å². The van der Waals surface area contributed by atoms with Gasteiger partial charge in [0.2, 0.25) is 0 Å². The Balaban J connectivity index is 0.816. The first-order valence-corrected chi connectivity index (χ1v) is 23.7. The van der Waals surface area contributed by atoms with E-state index in [1.54, 1.807) is 154 Å². The quantitative estimate of drug-likeness (QED) is 0.263. The second-order valence-corrected chi connectivity index (χ2v) is 22.3. The van der Waals surface area contributed by atoms with Crippen LogP contribution in [0.4, 0.5) is 0 Å². The minimum Gasteiger partial charge on any atom is -0.0882 e. The Morgan fingerprint density at radius 2 is 0.878 bits per heavy atom. The first-order chi connectivity index (χ1) is 24.0. The SMILES string of the molecule is CC1(C)C2CC(C3CCC4CCCCC4C3)CCC2C2CCC(C3CCCC(C4CC5C6CCCCC6CCC5C5CCC=CC45)C3)CC21. The summed E-state index contributed by atoms with van der Waals surface area (Å²) in [5.41, 5.74) is 0.596. The number of hydrogen-bond donors (Lipinski definition) is 0. The van der Waals surface area contributed by atoms with Gasteiger partial charge in [0.1, 0.15) is 0 Å². The van der Waals surface area contributed by atoms with E-state index >= 15 is 0 Å². The van der Waals surface area contributed by atoms with Crippen LogP contribution in [-0.4, -0.2) is 0 Å². The lowest BCUT2D eigenvalue weighted by Gasteiger charge is -2.57. The van der Waals surface area contributed by atoms with Crippen molar-refractivity contribution in [2.75, 3.05) is 0 Å². The van der Waals surface area contributed by atoms with E-state index in [0.717, 1.165) is 107 Å². The molecule has 18 unspecified atom stereocenters. The Kier molecular flexibility index (Phi) is 9.21. The van der Waals surface area contributed by atoms with Crippen LogP contribution in [0.25, 0.3) is 0 Å². The van der Waals surface area contributed by atoms with Crippen LogP contribution in [0.1, 0.15) is 181 Å². The van der Waals surface area contributed by atoms with Crippen LogP contribution in [0.5, 0.6) is 0 Å². The van der Waals surface area contributed by atoms with Crippen molar-refractivity contribution in [2.45, 2.75) is 181 Å². The lowest BCUT2D eigenvalue weighted by molar-refractivity contribution is -0.0689. The van der Waals surface area contributed by atoms with Crippen molar-refractivity contribution in [3.63, 3.8) is 0 Å². The van der Waals surface area contributed by atoms with Crippen molar-refractivity contribution in [3.05, 3.63) is 12.2 Å². The van der Waals surface area contributed by atoms with Crippen molar-refractivity contribution < 1.29 is 0 Å². The molecule has 49 heavy (non-hydrogen) atoms. The normalized spacial score (nSPS) is 55.1. The molecule has 10 aliphatic carbocycles. The molecule has 0 aromatic heterocycles. The zero-order valence-electron chi connectivity index (χ0n) is 32.4. The highest BCUT2D eigenvalue weighted by molar-refractivity contribution is 5.11. The summed E-state index contributed by atoms with van der Waals surface area (Å²) in [7, 11) is 0. The molecule has 0 aromatic rings. The summed E-state index contributed by atoms with van der Waals surface area (Å²) in [6, 6.07) is 0. The summed E-state index contributed by atoms with van der Waals surface area (Å²) >= 11 is 0. The molecule has 0 aliphatic heterocycles. The van der Waals surface area contributed by atoms with Crippen molar-refractivity contribution in [1.82, 2.24) is 0 Å². The summed E-state index contributed by atoms with van der Waals surface area (Å²) in [6.45, 7) is 5.64. The van der Waals surface area contributed by atoms with Crippen LogP contribution in [0.3, 0.4) is 0 Å². The molecule has 0 aromatic carbocycles. The third-order valence-electron chi connectivity index (χ3n) is 20.7. The zero-order valence-corrected chi connectivity index (χ0v) is 32.4. The van der Waals surface area contributed by atoms with Gasteiger partial charge in [0.05, 0.1) is 0 Å². The maximum atomic E-state index is 2.83. The molecule has 18 atom stereocenters. The van der Waals surface area contributed by atoms with Crippen LogP contribution in [0.2, 0.25) is 0 Å². The van der Waals surface area contributed by atoms with Crippen LogP contribution in [-0.2, 0) is 0 Å². The molecule has 10 aliphatic rings. The number of allylic oxidation sites excluding steroid dienone is 2. The second-order valence-electron chi connectivity index (χ2n) is 22.3. The van der Waals surface area contributed by atoms with Crippen LogP contribution in [0, 0.1) is 112 Å². The highest BCUT2D eigenvalue weighted by atomic mass is 14.6. The van der Waals surface area contributed by atoms with E-state index in [1.165, 1.54) is 12.8 Å². The second kappa shape index (κ2) is 13.5. The Morgan fingerprint density at radius 3 is 1.67 bits per heavy atom. The first-order valence-electron chi connectivity index (χ1n) is 23.7. The average molecular weight is 667 g/mol. The van der Waals surface area contributed by atoms with E-state index in [4.69, 9.17) is 0 Å². The third-order valence-corrected chi connectivity index (χ3v) is 20.7. The average Bonchev–Trinajstić information content (AvgIpc) is 3.39. The standard InChI is InChI=1S/C49H78/c1-49(2)47-28-36(21-24-43(47)44-25-22-37(29-48(44)49)35-19-18-31-10-3-4-12-33(31)26-35)34-13-9-14-38(27-34)45-30-46-39-15-6-5-11-32(39)20-23-42(46)40-16-7-8-17-41(40)45/h8,17,31-48H,3-7,9-16,18-30H2,1-2H3. The van der Waals surface area contributed by atoms with Gasteiger partial charge in [0.25, 0.3) is 0 Å². The molecule has 9 saturated carbocycles. The third kappa shape index (κ3) is 5.84. The molecule has 0 amide bonds. The minimum absolute atomic E-state index is 0.596. The molecule has 0 N–H and O–H groups in total. The van der Waals surface area contributed by atoms with Gasteiger partial charge in [0.15, 0.2) is 0 Å². The number of fused-ring (bicyclic) bond motifs is 9. The van der Waals surface area contributed by atoms with Gasteiger partial charge in [-0.25, -0.2) is 0 Å². The van der Waals surface area contributed by atoms with Gasteiger partial charge in [-0.1, -0.05) is 90.2 Å². The summed E-state index contributed by atoms with van der Waals surface area (Å²) in [5.74, 6) is 19.3. The molecular weight excluding hydrogens is 589 g/mol. The Bertz CT molecular complexity index is 1180. The Morgan fingerprint density at radius 1 is 0.347 bits per heavy atom. The first kappa shape index (κ1) is 33.3. The van der Waals surface area contributed by atoms with E-state index in [9.17, 15) is 0 Å². The van der Waals surface area contributed by atoms with Crippen molar-refractivity contribution in [2.24, 2.45) is 112 Å². The highest BCUT2D eigenvalue weighted by Crippen LogP contribution is 2.67. The lowest BCUT2D eigenvalue weighted by Crippen LogP contribution is -2.50. The summed E-state index contributed by atoms with van der Waals surface area (Å²) < 4.78 is 0. The smallest absolute Gasteiger partial charge is 0.0171 e. The van der Waals surface area contributed by atoms with E-state index in [0.29, 0.717) is 5.41 Å². The number of hydrogen-bond acceptors (Lipinski definition) is 0. The van der Waals surface area contributed by atoms with E-state index < -0.39 is 0 Å². The molecule has 0 nitrogen and oxygen atoms in total. The largest absolute Gasteiger partial charge is 0.0882 e. The molecule has 274 valence electrons. The Hall–Kier alpha value is -0.260. The van der Waals surface area contributed by atoms with Crippen LogP contribution < -0.4 is 0 Å². The summed E-state index contributed by atoms with van der Waals surface area (Å²) in [4.78, 5) is 0. The molecular formula is C49H78. The summed E-state index contributed by atoms with van der Waals surface area (Å²) in [5, 5.41) is 0. The minimum atomic E-state index is 0.596. The van der Waals surface area contributed by atoms with Crippen molar-refractivity contribution >= 4 is 0 Å². The van der Waals surface area contributed by atoms with Gasteiger partial charge in [-0.15, -0.1) is 0 Å². The van der Waals surface area contributed by atoms with Gasteiger partial charge in [0, 0.05) is 0 Å². The fraction of sp³-hybridized carbons (Fsp3) is 0.959. The maximum Gasteiger partial charge on any atom is -0.0171 e. The lowest BCUT2D eigenvalue weighted by atomic mass is 9.48. The van der Waals surface area contributed by atoms with E-state index in [1.807, 2.05) is 0 Å². The van der Waals surface area contributed by atoms with Crippen molar-refractivity contribution in [1.29, 1.82) is 0 Å². The van der Waals surface area contributed by atoms with Crippen molar-refractivity contribution in [3.8, 4) is 0 Å². The fourth-order valence-corrected chi connectivity index (χ4v) is 18.5. The Labute approximate surface area is 304 Å². The molecule has 0 saturated heterocycles. The van der Waals surface area contributed by atoms with Crippen LogP contribution in [0.15, 0.2) is 12.2 Å². The van der Waals surface area contributed by atoms with E-state index in [2.05, 4.69) is 26.0 Å². The molecule has 0 heteroatoms. The molecule has 0 spiro atoms. The molecule has 10 rings (SSSR count). The van der Waals surface area contributed by atoms with Gasteiger partial charge in [-0.3, -0.25) is 0 Å².